The molecule has 3 nitrogen and oxygen atoms in total. The largest absolute Gasteiger partial charge is 0.460 e. The number of carbonyl (C=O) groups is 1. The maximum Gasteiger partial charge on any atom is 0.321 e. The van der Waals surface area contributed by atoms with E-state index in [1.165, 1.54) is 0 Å². The molecule has 1 aliphatic heterocycles. The summed E-state index contributed by atoms with van der Waals surface area (Å²) in [6, 6.07) is 20.3. The minimum Gasteiger partial charge on any atom is -0.460 e. The van der Waals surface area contributed by atoms with Gasteiger partial charge in [-0.25, -0.2) is 0 Å². The third-order valence-corrected chi connectivity index (χ3v) is 6.05. The molecule has 2 aromatic rings. The van der Waals surface area contributed by atoms with Gasteiger partial charge in [0.25, 0.3) is 0 Å². The van der Waals surface area contributed by atoms with Gasteiger partial charge in [0, 0.05) is 12.6 Å². The molecule has 2 fully saturated rings. The first-order valence-electron chi connectivity index (χ1n) is 9.11. The van der Waals surface area contributed by atoms with Crippen molar-refractivity contribution in [3.8, 4) is 0 Å². The average molecular weight is 335 g/mol. The van der Waals surface area contributed by atoms with Gasteiger partial charge >= 0.3 is 5.97 Å². The fourth-order valence-corrected chi connectivity index (χ4v) is 4.56. The molecule has 3 heteroatoms. The highest BCUT2D eigenvalue weighted by atomic mass is 16.5. The average Bonchev–Trinajstić information content (AvgIpc) is 3.21. The second-order valence-corrected chi connectivity index (χ2v) is 7.65. The van der Waals surface area contributed by atoms with Gasteiger partial charge in [0.15, 0.2) is 0 Å². The molecular weight excluding hydrogens is 310 g/mol. The highest BCUT2D eigenvalue weighted by Crippen LogP contribution is 2.40. The van der Waals surface area contributed by atoms with Crippen LogP contribution in [0.25, 0.3) is 0 Å². The van der Waals surface area contributed by atoms with E-state index in [0.29, 0.717) is 12.0 Å². The molecule has 1 saturated carbocycles. The first kappa shape index (κ1) is 16.3. The number of rotatable bonds is 4. The fourth-order valence-electron chi connectivity index (χ4n) is 4.56. The zero-order valence-electron chi connectivity index (χ0n) is 14.9. The number of nitrogens with zero attached hydrogens (tertiary/aromatic N) is 1. The lowest BCUT2D eigenvalue weighted by atomic mass is 9.76. The van der Waals surface area contributed by atoms with Crippen molar-refractivity contribution < 1.29 is 9.53 Å². The normalized spacial score (nSPS) is 25.9. The summed E-state index contributed by atoms with van der Waals surface area (Å²) in [7, 11) is 2.14. The van der Waals surface area contributed by atoms with Gasteiger partial charge in [0.05, 0.1) is 0 Å². The minimum absolute atomic E-state index is 0.0167. The predicted molar refractivity (Wildman–Crippen MR) is 98.4 cm³/mol. The molecule has 3 unspecified atom stereocenters. The Bertz CT molecular complexity index is 704. The van der Waals surface area contributed by atoms with E-state index in [1.54, 1.807) is 0 Å². The van der Waals surface area contributed by atoms with Gasteiger partial charge in [-0.15, -0.1) is 0 Å². The standard InChI is InChI=1S/C22H25NO2/c1-22(17-9-5-3-6-10-17,18-11-7-4-8-12-18)21(24)25-20-14-16-13-19(20)23(2)15-16/h3-12,16,19-20H,13-15H2,1-2H3. The molecule has 1 heterocycles. The molecule has 0 aromatic heterocycles. The van der Waals surface area contributed by atoms with E-state index in [9.17, 15) is 4.79 Å². The van der Waals surface area contributed by atoms with E-state index in [4.69, 9.17) is 4.74 Å². The van der Waals surface area contributed by atoms with Crippen LogP contribution in [0.15, 0.2) is 60.7 Å². The summed E-state index contributed by atoms with van der Waals surface area (Å²) in [5.41, 5.74) is 1.16. The van der Waals surface area contributed by atoms with Crippen LogP contribution in [0.4, 0.5) is 0 Å². The van der Waals surface area contributed by atoms with E-state index in [-0.39, 0.29) is 12.1 Å². The number of likely N-dealkylation sites (tertiary alicyclic amines) is 1. The molecule has 0 spiro atoms. The van der Waals surface area contributed by atoms with Crippen LogP contribution in [-0.2, 0) is 14.9 Å². The first-order chi connectivity index (χ1) is 12.1. The number of carbonyl (C=O) groups excluding carboxylic acids is 1. The number of likely N-dealkylation sites (N-methyl/N-ethyl adjacent to an activating group) is 1. The molecule has 0 N–H and O–H groups in total. The summed E-state index contributed by atoms with van der Waals surface area (Å²) in [6.07, 6.45) is 2.17. The molecule has 1 saturated heterocycles. The monoisotopic (exact) mass is 335 g/mol. The van der Waals surface area contributed by atoms with Crippen molar-refractivity contribution in [1.29, 1.82) is 0 Å². The van der Waals surface area contributed by atoms with Gasteiger partial charge in [-0.05, 0) is 43.9 Å². The zero-order valence-corrected chi connectivity index (χ0v) is 14.9. The number of hydrogen-bond donors (Lipinski definition) is 0. The van der Waals surface area contributed by atoms with Crippen molar-refractivity contribution in [1.82, 2.24) is 4.90 Å². The summed E-state index contributed by atoms with van der Waals surface area (Å²) in [4.78, 5) is 15.7. The molecule has 1 aliphatic carbocycles. The first-order valence-corrected chi connectivity index (χ1v) is 9.11. The van der Waals surface area contributed by atoms with E-state index >= 15 is 0 Å². The van der Waals surface area contributed by atoms with E-state index in [0.717, 1.165) is 30.5 Å². The number of piperidine rings is 1. The number of ether oxygens (including phenoxy) is 1. The van der Waals surface area contributed by atoms with Crippen molar-refractivity contribution in [2.45, 2.75) is 37.3 Å². The third-order valence-electron chi connectivity index (χ3n) is 6.05. The Morgan fingerprint density at radius 2 is 1.56 bits per heavy atom. The highest BCUT2D eigenvalue weighted by Gasteiger charge is 2.48. The summed E-state index contributed by atoms with van der Waals surface area (Å²) >= 11 is 0. The van der Waals surface area contributed by atoms with Gasteiger partial charge in [0.1, 0.15) is 11.5 Å². The summed E-state index contributed by atoms with van der Waals surface area (Å²) in [5, 5.41) is 0. The van der Waals surface area contributed by atoms with Gasteiger partial charge in [-0.2, -0.15) is 0 Å². The van der Waals surface area contributed by atoms with Crippen molar-refractivity contribution >= 4 is 5.97 Å². The number of esters is 1. The molecule has 0 amide bonds. The SMILES string of the molecule is CN1CC2CC(OC(=O)C(C)(c3ccccc3)c3ccccc3)C1C2. The minimum atomic E-state index is -0.789. The maximum atomic E-state index is 13.4. The molecule has 25 heavy (non-hydrogen) atoms. The van der Waals surface area contributed by atoms with Crippen molar-refractivity contribution in [3.05, 3.63) is 71.8 Å². The van der Waals surface area contributed by atoms with Crippen LogP contribution in [-0.4, -0.2) is 36.6 Å². The molecule has 130 valence electrons. The highest BCUT2D eigenvalue weighted by molar-refractivity contribution is 5.87. The van der Waals surface area contributed by atoms with Crippen molar-refractivity contribution in [3.63, 3.8) is 0 Å². The lowest BCUT2D eigenvalue weighted by molar-refractivity contribution is -0.157. The van der Waals surface area contributed by atoms with Crippen LogP contribution >= 0.6 is 0 Å². The zero-order chi connectivity index (χ0) is 17.4. The lowest BCUT2D eigenvalue weighted by Crippen LogP contribution is -2.45. The Morgan fingerprint density at radius 3 is 2.04 bits per heavy atom. The molecule has 4 rings (SSSR count). The summed E-state index contributed by atoms with van der Waals surface area (Å²) in [5.74, 6) is 0.531. The van der Waals surface area contributed by atoms with Crippen molar-refractivity contribution in [2.75, 3.05) is 13.6 Å². The quantitative estimate of drug-likeness (QED) is 0.799. The van der Waals surface area contributed by atoms with Crippen LogP contribution in [0, 0.1) is 5.92 Å². The smallest absolute Gasteiger partial charge is 0.321 e. The third kappa shape index (κ3) is 2.77. The summed E-state index contributed by atoms with van der Waals surface area (Å²) in [6.45, 7) is 3.12. The Labute approximate surface area is 149 Å². The van der Waals surface area contributed by atoms with E-state index in [1.807, 2.05) is 67.6 Å². The number of benzene rings is 2. The van der Waals surface area contributed by atoms with Crippen LogP contribution < -0.4 is 0 Å². The van der Waals surface area contributed by atoms with Crippen LogP contribution in [0.2, 0.25) is 0 Å². The second-order valence-electron chi connectivity index (χ2n) is 7.65. The second kappa shape index (κ2) is 6.30. The fraction of sp³-hybridized carbons (Fsp3) is 0.409. The van der Waals surface area contributed by atoms with Gasteiger partial charge in [-0.3, -0.25) is 9.69 Å². The van der Waals surface area contributed by atoms with Gasteiger partial charge < -0.3 is 4.74 Å². The Hall–Kier alpha value is -2.13. The van der Waals surface area contributed by atoms with Crippen LogP contribution in [0.1, 0.15) is 30.9 Å². The van der Waals surface area contributed by atoms with Gasteiger partial charge in [0.2, 0.25) is 0 Å². The number of hydrogen-bond acceptors (Lipinski definition) is 3. The topological polar surface area (TPSA) is 29.5 Å². The van der Waals surface area contributed by atoms with E-state index in [2.05, 4.69) is 11.9 Å². The molecule has 2 bridgehead atoms. The molecular formula is C22H25NO2. The predicted octanol–water partition coefficient (Wildman–Crippen LogP) is 3.63. The Balaban J connectivity index is 1.66. The Morgan fingerprint density at radius 1 is 1.00 bits per heavy atom. The molecule has 0 radical (unpaired) electrons. The molecule has 2 aliphatic rings. The van der Waals surface area contributed by atoms with Crippen LogP contribution in [0.3, 0.4) is 0 Å². The van der Waals surface area contributed by atoms with Crippen LogP contribution in [0.5, 0.6) is 0 Å². The van der Waals surface area contributed by atoms with Gasteiger partial charge in [-0.1, -0.05) is 60.7 Å². The molecule has 2 aromatic carbocycles. The van der Waals surface area contributed by atoms with Crippen molar-refractivity contribution in [2.24, 2.45) is 5.92 Å². The maximum absolute atomic E-state index is 13.4. The molecule has 3 atom stereocenters. The lowest BCUT2D eigenvalue weighted by Gasteiger charge is -2.34. The number of fused-ring (bicyclic) bond motifs is 2. The summed E-state index contributed by atoms with van der Waals surface area (Å²) < 4.78 is 6.11. The van der Waals surface area contributed by atoms with E-state index < -0.39 is 5.41 Å². The Kier molecular flexibility index (Phi) is 4.12.